The number of ether oxygens (including phenoxy) is 1. The average Bonchev–Trinajstić information content (AvgIpc) is 2.53. The molecule has 3 heteroatoms. The predicted octanol–water partition coefficient (Wildman–Crippen LogP) is 2.94. The van der Waals surface area contributed by atoms with Crippen LogP contribution < -0.4 is 5.73 Å². The molecule has 0 aromatic carbocycles. The van der Waals surface area contributed by atoms with Gasteiger partial charge in [0.05, 0.1) is 18.8 Å². The molecule has 0 bridgehead atoms. The third kappa shape index (κ3) is 2.82. The zero-order valence-corrected chi connectivity index (χ0v) is 11.7. The van der Waals surface area contributed by atoms with E-state index in [1.165, 1.54) is 11.1 Å². The summed E-state index contributed by atoms with van der Waals surface area (Å²) in [6.07, 6.45) is 8.13. The molecule has 20 heavy (non-hydrogen) atoms. The summed E-state index contributed by atoms with van der Waals surface area (Å²) in [4.78, 5) is 0. The molecule has 1 atom stereocenters. The van der Waals surface area contributed by atoms with Gasteiger partial charge in [-0.1, -0.05) is 25.3 Å². The predicted molar refractivity (Wildman–Crippen MR) is 80.8 cm³/mol. The van der Waals surface area contributed by atoms with Gasteiger partial charge in [-0.15, -0.1) is 0 Å². The van der Waals surface area contributed by atoms with E-state index < -0.39 is 0 Å². The average molecular weight is 268 g/mol. The quantitative estimate of drug-likeness (QED) is 0.852. The fourth-order valence-electron chi connectivity index (χ4n) is 2.68. The largest absolute Gasteiger partial charge is 0.372 e. The van der Waals surface area contributed by atoms with E-state index in [4.69, 9.17) is 15.7 Å². The molecule has 1 unspecified atom stereocenters. The van der Waals surface area contributed by atoms with Crippen LogP contribution >= 0.6 is 0 Å². The number of nitriles is 1. The number of hydrogen-bond acceptors (Lipinski definition) is 3. The molecule has 3 nitrogen and oxygen atoms in total. The topological polar surface area (TPSA) is 59.0 Å². The first-order valence-corrected chi connectivity index (χ1v) is 6.87. The summed E-state index contributed by atoms with van der Waals surface area (Å²) >= 11 is 0. The molecule has 0 spiro atoms. The molecule has 0 fully saturated rings. The Kier molecular flexibility index (Phi) is 4.73. The maximum absolute atomic E-state index is 8.89. The number of nitrogens with two attached hydrogens (primary N) is 1. The molecule has 1 aliphatic carbocycles. The van der Waals surface area contributed by atoms with Crippen molar-refractivity contribution in [2.45, 2.75) is 25.4 Å². The summed E-state index contributed by atoms with van der Waals surface area (Å²) in [7, 11) is 0. The highest BCUT2D eigenvalue weighted by Crippen LogP contribution is 2.34. The van der Waals surface area contributed by atoms with Crippen LogP contribution in [0.4, 0.5) is 0 Å². The van der Waals surface area contributed by atoms with Crippen molar-refractivity contribution in [2.75, 3.05) is 13.2 Å². The number of allylic oxidation sites excluding steroid dienone is 5. The summed E-state index contributed by atoms with van der Waals surface area (Å²) in [5.41, 5.74) is 11.1. The SMILES string of the molecule is C=CC1=C(C(=C)C2=CC=C(C#N)CC2)CCOC1CN. The van der Waals surface area contributed by atoms with Crippen LogP contribution in [0.25, 0.3) is 0 Å². The highest BCUT2D eigenvalue weighted by molar-refractivity contribution is 5.53. The summed E-state index contributed by atoms with van der Waals surface area (Å²) in [5.74, 6) is 0. The van der Waals surface area contributed by atoms with Crippen LogP contribution in [0.2, 0.25) is 0 Å². The van der Waals surface area contributed by atoms with Gasteiger partial charge < -0.3 is 10.5 Å². The van der Waals surface area contributed by atoms with Gasteiger partial charge >= 0.3 is 0 Å². The number of rotatable bonds is 4. The lowest BCUT2D eigenvalue weighted by Crippen LogP contribution is -2.30. The van der Waals surface area contributed by atoms with E-state index >= 15 is 0 Å². The third-order valence-corrected chi connectivity index (χ3v) is 3.85. The van der Waals surface area contributed by atoms with Crippen LogP contribution in [-0.2, 0) is 4.74 Å². The second kappa shape index (κ2) is 6.51. The molecule has 0 aromatic heterocycles. The van der Waals surface area contributed by atoms with Crippen molar-refractivity contribution >= 4 is 0 Å². The van der Waals surface area contributed by atoms with E-state index in [1.54, 1.807) is 0 Å². The number of nitrogens with zero attached hydrogens (tertiary/aromatic N) is 1. The molecule has 2 rings (SSSR count). The summed E-state index contributed by atoms with van der Waals surface area (Å²) in [5, 5.41) is 8.89. The minimum atomic E-state index is -0.0811. The van der Waals surface area contributed by atoms with E-state index in [9.17, 15) is 0 Å². The second-order valence-electron chi connectivity index (χ2n) is 4.96. The first-order chi connectivity index (χ1) is 9.71. The van der Waals surface area contributed by atoms with Crippen LogP contribution in [0.15, 0.2) is 59.3 Å². The van der Waals surface area contributed by atoms with E-state index in [-0.39, 0.29) is 6.10 Å². The van der Waals surface area contributed by atoms with E-state index in [1.807, 2.05) is 18.2 Å². The van der Waals surface area contributed by atoms with E-state index in [2.05, 4.69) is 19.2 Å². The molecule has 2 aliphatic rings. The van der Waals surface area contributed by atoms with Crippen molar-refractivity contribution in [3.8, 4) is 6.07 Å². The number of hydrogen-bond donors (Lipinski definition) is 1. The molecular weight excluding hydrogens is 248 g/mol. The summed E-state index contributed by atoms with van der Waals surface area (Å²) in [6.45, 7) is 9.23. The smallest absolute Gasteiger partial charge is 0.0949 e. The molecule has 0 radical (unpaired) electrons. The van der Waals surface area contributed by atoms with Crippen molar-refractivity contribution in [3.05, 3.63) is 59.3 Å². The molecule has 0 aromatic rings. The molecule has 0 saturated carbocycles. The van der Waals surface area contributed by atoms with Crippen LogP contribution in [0.1, 0.15) is 19.3 Å². The second-order valence-corrected chi connectivity index (χ2v) is 4.96. The van der Waals surface area contributed by atoms with Gasteiger partial charge in [0.2, 0.25) is 0 Å². The van der Waals surface area contributed by atoms with E-state index in [0.29, 0.717) is 13.2 Å². The molecule has 0 amide bonds. The van der Waals surface area contributed by atoms with E-state index in [0.717, 1.165) is 36.0 Å². The fraction of sp³-hybridized carbons (Fsp3) is 0.353. The minimum absolute atomic E-state index is 0.0811. The maximum Gasteiger partial charge on any atom is 0.0949 e. The Morgan fingerprint density at radius 2 is 2.25 bits per heavy atom. The standard InChI is InChI=1S/C17H20N2O/c1-3-15-16(8-9-20-17(15)11-19)12(2)14-6-4-13(10-18)5-7-14/h3-4,6,17H,1-2,5,7-9,11,19H2. The van der Waals surface area contributed by atoms with Crippen LogP contribution in [0.5, 0.6) is 0 Å². The van der Waals surface area contributed by atoms with Gasteiger partial charge in [0.1, 0.15) is 0 Å². The van der Waals surface area contributed by atoms with Gasteiger partial charge in [-0.2, -0.15) is 5.26 Å². The Morgan fingerprint density at radius 3 is 2.80 bits per heavy atom. The minimum Gasteiger partial charge on any atom is -0.372 e. The first-order valence-electron chi connectivity index (χ1n) is 6.87. The molecular formula is C17H20N2O. The van der Waals surface area contributed by atoms with Crippen molar-refractivity contribution in [3.63, 3.8) is 0 Å². The van der Waals surface area contributed by atoms with Gasteiger partial charge in [0.25, 0.3) is 0 Å². The Balaban J connectivity index is 2.31. The molecule has 104 valence electrons. The molecule has 2 N–H and O–H groups in total. The van der Waals surface area contributed by atoms with Gasteiger partial charge in [0, 0.05) is 12.1 Å². The van der Waals surface area contributed by atoms with Gasteiger partial charge in [-0.05, 0) is 47.6 Å². The zero-order chi connectivity index (χ0) is 14.5. The van der Waals surface area contributed by atoms with Gasteiger partial charge in [0.15, 0.2) is 0 Å². The van der Waals surface area contributed by atoms with Crippen LogP contribution in [0, 0.1) is 11.3 Å². The first kappa shape index (κ1) is 14.5. The summed E-state index contributed by atoms with van der Waals surface area (Å²) in [6, 6.07) is 2.20. The summed E-state index contributed by atoms with van der Waals surface area (Å²) < 4.78 is 5.66. The Morgan fingerprint density at radius 1 is 1.45 bits per heavy atom. The lowest BCUT2D eigenvalue weighted by molar-refractivity contribution is 0.0765. The normalized spacial score (nSPS) is 22.7. The van der Waals surface area contributed by atoms with Crippen molar-refractivity contribution < 1.29 is 4.74 Å². The maximum atomic E-state index is 8.89. The lowest BCUT2D eigenvalue weighted by atomic mass is 9.85. The molecule has 1 heterocycles. The highest BCUT2D eigenvalue weighted by atomic mass is 16.5. The van der Waals surface area contributed by atoms with Crippen molar-refractivity contribution in [2.24, 2.45) is 5.73 Å². The van der Waals surface area contributed by atoms with Crippen molar-refractivity contribution in [1.29, 1.82) is 5.26 Å². The van der Waals surface area contributed by atoms with Gasteiger partial charge in [-0.3, -0.25) is 0 Å². The Hall–Kier alpha value is -1.89. The fourth-order valence-corrected chi connectivity index (χ4v) is 2.68. The van der Waals surface area contributed by atoms with Crippen LogP contribution in [-0.4, -0.2) is 19.3 Å². The Labute approximate surface area is 120 Å². The highest BCUT2D eigenvalue weighted by Gasteiger charge is 2.23. The Bertz CT molecular complexity index is 558. The van der Waals surface area contributed by atoms with Gasteiger partial charge in [-0.25, -0.2) is 0 Å². The monoisotopic (exact) mass is 268 g/mol. The lowest BCUT2D eigenvalue weighted by Gasteiger charge is -2.28. The molecule has 1 aliphatic heterocycles. The third-order valence-electron chi connectivity index (χ3n) is 3.85. The van der Waals surface area contributed by atoms with Crippen molar-refractivity contribution in [1.82, 2.24) is 0 Å². The van der Waals surface area contributed by atoms with Crippen LogP contribution in [0.3, 0.4) is 0 Å². The zero-order valence-electron chi connectivity index (χ0n) is 11.7. The molecule has 0 saturated heterocycles.